The van der Waals surface area contributed by atoms with E-state index in [1.165, 1.54) is 0 Å². The molecule has 1 aliphatic heterocycles. The van der Waals surface area contributed by atoms with Gasteiger partial charge in [0, 0.05) is 6.20 Å². The molecule has 8 nitrogen and oxygen atoms in total. The number of nitrogens with zero attached hydrogens (tertiary/aromatic N) is 3. The number of amides is 2. The summed E-state index contributed by atoms with van der Waals surface area (Å²) in [7, 11) is 0. The molecule has 0 aliphatic carbocycles. The first-order valence-electron chi connectivity index (χ1n) is 8.48. The molecule has 2 amide bonds. The number of nitrogens with two attached hydrogens (primary N) is 1. The Kier molecular flexibility index (Phi) is 6.09. The number of primary amides is 1. The van der Waals surface area contributed by atoms with E-state index in [0.29, 0.717) is 0 Å². The largest absolute Gasteiger partial charge is 0.573 e. The topological polar surface area (TPSA) is 108 Å². The molecule has 2 atom stereocenters. The van der Waals surface area contributed by atoms with Crippen LogP contribution in [0.4, 0.5) is 31.1 Å². The molecule has 0 radical (unpaired) electrons. The highest BCUT2D eigenvalue weighted by atomic mass is 35.5. The number of aromatic nitrogens is 2. The molecule has 2 N–H and O–H groups in total. The standard InChI is InChI=1S/C17H11ClF6N4O4/c18-8-5-7(1-2-10(8)32-17(22,23)24)12(28-6-11(13(25)29)31-15(28)30)9-3-4-26-14(27-9)16(19,20)21/h1-5,11-12H,6H2,(H2,25,29)/t11?,12-/m1/s1. The first-order valence-corrected chi connectivity index (χ1v) is 8.86. The van der Waals surface area contributed by atoms with Gasteiger partial charge in [-0.2, -0.15) is 13.2 Å². The molecule has 15 heteroatoms. The van der Waals surface area contributed by atoms with Crippen molar-refractivity contribution in [2.24, 2.45) is 5.73 Å². The lowest BCUT2D eigenvalue weighted by Crippen LogP contribution is -2.35. The Morgan fingerprint density at radius 1 is 1.25 bits per heavy atom. The molecular formula is C17H11ClF6N4O4. The number of cyclic esters (lactones) is 1. The monoisotopic (exact) mass is 484 g/mol. The molecule has 0 saturated carbocycles. The van der Waals surface area contributed by atoms with Gasteiger partial charge in [0.15, 0.2) is 6.10 Å². The van der Waals surface area contributed by atoms with E-state index in [9.17, 15) is 35.9 Å². The summed E-state index contributed by atoms with van der Waals surface area (Å²) in [6.45, 7) is -0.456. The van der Waals surface area contributed by atoms with Crippen molar-refractivity contribution in [1.29, 1.82) is 0 Å². The van der Waals surface area contributed by atoms with Crippen LogP contribution in [0.25, 0.3) is 0 Å². The van der Waals surface area contributed by atoms with Gasteiger partial charge in [-0.3, -0.25) is 9.69 Å². The first-order chi connectivity index (χ1) is 14.8. The van der Waals surface area contributed by atoms with Crippen LogP contribution in [-0.4, -0.2) is 45.9 Å². The van der Waals surface area contributed by atoms with Gasteiger partial charge in [0.05, 0.1) is 17.3 Å². The average Bonchev–Trinajstić information content (AvgIpc) is 3.05. The summed E-state index contributed by atoms with van der Waals surface area (Å²) in [5.74, 6) is -3.31. The number of carbonyl (C=O) groups excluding carboxylic acids is 2. The molecule has 1 unspecified atom stereocenters. The maximum Gasteiger partial charge on any atom is 0.573 e. The fourth-order valence-electron chi connectivity index (χ4n) is 2.91. The fourth-order valence-corrected chi connectivity index (χ4v) is 3.13. The van der Waals surface area contributed by atoms with Gasteiger partial charge in [0.2, 0.25) is 5.82 Å². The SMILES string of the molecule is NC(=O)C1CN([C@H](c2ccc(OC(F)(F)F)c(Cl)c2)c2ccnc(C(F)(F)F)n2)C(=O)O1. The summed E-state index contributed by atoms with van der Waals surface area (Å²) in [6, 6.07) is 2.43. The van der Waals surface area contributed by atoms with Gasteiger partial charge in [0.1, 0.15) is 11.8 Å². The molecule has 0 bridgehead atoms. The van der Waals surface area contributed by atoms with E-state index in [0.717, 1.165) is 35.4 Å². The Morgan fingerprint density at radius 2 is 1.94 bits per heavy atom. The molecule has 2 aromatic rings. The van der Waals surface area contributed by atoms with Crippen LogP contribution in [0.3, 0.4) is 0 Å². The van der Waals surface area contributed by atoms with Crippen molar-refractivity contribution in [2.75, 3.05) is 6.54 Å². The van der Waals surface area contributed by atoms with Crippen LogP contribution in [-0.2, 0) is 15.7 Å². The van der Waals surface area contributed by atoms with Gasteiger partial charge in [-0.25, -0.2) is 14.8 Å². The van der Waals surface area contributed by atoms with E-state index in [-0.39, 0.29) is 11.3 Å². The minimum atomic E-state index is -5.05. The Morgan fingerprint density at radius 3 is 2.47 bits per heavy atom. The molecule has 0 spiro atoms. The summed E-state index contributed by atoms with van der Waals surface area (Å²) in [5.41, 5.74) is 4.71. The molecule has 1 saturated heterocycles. The lowest BCUT2D eigenvalue weighted by atomic mass is 10.0. The number of ether oxygens (including phenoxy) is 2. The number of hydrogen-bond donors (Lipinski definition) is 1. The number of alkyl halides is 6. The van der Waals surface area contributed by atoms with Gasteiger partial charge < -0.3 is 15.2 Å². The Labute approximate surface area is 179 Å². The second-order valence-electron chi connectivity index (χ2n) is 6.37. The second kappa shape index (κ2) is 8.33. The summed E-state index contributed by atoms with van der Waals surface area (Å²) in [5, 5.41) is -0.547. The van der Waals surface area contributed by atoms with Crippen LogP contribution in [0.2, 0.25) is 5.02 Å². The van der Waals surface area contributed by atoms with Gasteiger partial charge in [0.25, 0.3) is 5.91 Å². The third kappa shape index (κ3) is 5.12. The van der Waals surface area contributed by atoms with Gasteiger partial charge >= 0.3 is 18.6 Å². The van der Waals surface area contributed by atoms with Crippen LogP contribution >= 0.6 is 11.6 Å². The summed E-state index contributed by atoms with van der Waals surface area (Å²) in [6.07, 6.45) is -11.7. The van der Waals surface area contributed by atoms with Crippen molar-refractivity contribution in [3.8, 4) is 5.75 Å². The number of halogens is 7. The van der Waals surface area contributed by atoms with Crippen LogP contribution in [0.1, 0.15) is 23.1 Å². The summed E-state index contributed by atoms with van der Waals surface area (Å²) >= 11 is 5.85. The first kappa shape index (κ1) is 23.4. The van der Waals surface area contributed by atoms with Crippen molar-refractivity contribution in [1.82, 2.24) is 14.9 Å². The van der Waals surface area contributed by atoms with Crippen LogP contribution in [0.15, 0.2) is 30.5 Å². The van der Waals surface area contributed by atoms with Crippen LogP contribution in [0.5, 0.6) is 5.75 Å². The Balaban J connectivity index is 2.09. The summed E-state index contributed by atoms with van der Waals surface area (Å²) in [4.78, 5) is 31.1. The van der Waals surface area contributed by atoms with E-state index >= 15 is 0 Å². The lowest BCUT2D eigenvalue weighted by molar-refractivity contribution is -0.274. The lowest BCUT2D eigenvalue weighted by Gasteiger charge is -2.26. The van der Waals surface area contributed by atoms with E-state index in [4.69, 9.17) is 22.1 Å². The maximum atomic E-state index is 13.1. The van der Waals surface area contributed by atoms with Crippen molar-refractivity contribution in [3.63, 3.8) is 0 Å². The molecule has 1 aromatic carbocycles. The second-order valence-corrected chi connectivity index (χ2v) is 6.78. The van der Waals surface area contributed by atoms with Gasteiger partial charge in [-0.1, -0.05) is 17.7 Å². The van der Waals surface area contributed by atoms with E-state index in [1.54, 1.807) is 0 Å². The molecule has 172 valence electrons. The summed E-state index contributed by atoms with van der Waals surface area (Å²) < 4.78 is 85.4. The highest BCUT2D eigenvalue weighted by Crippen LogP contribution is 2.37. The number of benzene rings is 1. The van der Waals surface area contributed by atoms with Gasteiger partial charge in [-0.05, 0) is 23.8 Å². The van der Waals surface area contributed by atoms with Crippen LogP contribution < -0.4 is 10.5 Å². The van der Waals surface area contributed by atoms with Crippen molar-refractivity contribution >= 4 is 23.6 Å². The highest BCUT2D eigenvalue weighted by molar-refractivity contribution is 6.32. The van der Waals surface area contributed by atoms with Gasteiger partial charge in [-0.15, -0.1) is 13.2 Å². The highest BCUT2D eigenvalue weighted by Gasteiger charge is 2.42. The van der Waals surface area contributed by atoms with E-state index < -0.39 is 59.8 Å². The quantitative estimate of drug-likeness (QED) is 0.651. The molecular weight excluding hydrogens is 474 g/mol. The third-order valence-corrected chi connectivity index (χ3v) is 4.47. The van der Waals surface area contributed by atoms with Crippen molar-refractivity contribution < 1.29 is 45.4 Å². The zero-order valence-electron chi connectivity index (χ0n) is 15.4. The maximum absolute atomic E-state index is 13.1. The van der Waals surface area contributed by atoms with Crippen molar-refractivity contribution in [3.05, 3.63) is 52.6 Å². The number of rotatable bonds is 5. The zero-order chi connectivity index (χ0) is 23.8. The smallest absolute Gasteiger partial charge is 0.434 e. The fraction of sp³-hybridized carbons (Fsp3) is 0.294. The predicted molar refractivity (Wildman–Crippen MR) is 93.2 cm³/mol. The van der Waals surface area contributed by atoms with E-state index in [2.05, 4.69) is 14.7 Å². The van der Waals surface area contributed by atoms with Crippen molar-refractivity contribution in [2.45, 2.75) is 24.7 Å². The number of carbonyl (C=O) groups is 2. The minimum absolute atomic E-state index is 0.0431. The van der Waals surface area contributed by atoms with Crippen LogP contribution in [0, 0.1) is 0 Å². The molecule has 1 aliphatic rings. The third-order valence-electron chi connectivity index (χ3n) is 4.18. The Bertz CT molecular complexity index is 1050. The van der Waals surface area contributed by atoms with E-state index in [1.807, 2.05) is 0 Å². The normalized spacial score (nSPS) is 17.8. The Hall–Kier alpha value is -3.29. The average molecular weight is 485 g/mol. The molecule has 1 aromatic heterocycles. The molecule has 1 fully saturated rings. The number of hydrogen-bond acceptors (Lipinski definition) is 6. The predicted octanol–water partition coefficient (Wildman–Crippen LogP) is 3.44. The zero-order valence-corrected chi connectivity index (χ0v) is 16.2. The molecule has 2 heterocycles. The molecule has 32 heavy (non-hydrogen) atoms. The minimum Gasteiger partial charge on any atom is -0.434 e. The molecule has 3 rings (SSSR count).